The van der Waals surface area contributed by atoms with Gasteiger partial charge < -0.3 is 15.5 Å². The topological polar surface area (TPSA) is 56.7 Å². The molecule has 0 saturated heterocycles. The number of hydrogen-bond acceptors (Lipinski definition) is 2. The highest BCUT2D eigenvalue weighted by atomic mass is 127. The first-order chi connectivity index (χ1) is 11.7. The van der Waals surface area contributed by atoms with Gasteiger partial charge in [0.15, 0.2) is 5.96 Å². The molecule has 1 aromatic carbocycles. The van der Waals surface area contributed by atoms with Crippen LogP contribution in [0.4, 0.5) is 5.69 Å². The second-order valence-corrected chi connectivity index (χ2v) is 6.24. The summed E-state index contributed by atoms with van der Waals surface area (Å²) in [6, 6.07) is 8.57. The molecule has 0 fully saturated rings. The number of aliphatic imine (C=N–C) groups is 1. The number of benzene rings is 1. The maximum Gasteiger partial charge on any atom is 0.227 e. The van der Waals surface area contributed by atoms with E-state index in [4.69, 9.17) is 0 Å². The van der Waals surface area contributed by atoms with Gasteiger partial charge in [-0.05, 0) is 44.7 Å². The van der Waals surface area contributed by atoms with Crippen LogP contribution < -0.4 is 15.5 Å². The molecule has 25 heavy (non-hydrogen) atoms. The number of rotatable bonds is 7. The van der Waals surface area contributed by atoms with E-state index < -0.39 is 0 Å². The lowest BCUT2D eigenvalue weighted by molar-refractivity contribution is -0.118. The summed E-state index contributed by atoms with van der Waals surface area (Å²) >= 11 is 0. The molecule has 1 aromatic rings. The van der Waals surface area contributed by atoms with Crippen LogP contribution in [-0.4, -0.2) is 37.5 Å². The highest BCUT2D eigenvalue weighted by Crippen LogP contribution is 2.27. The van der Waals surface area contributed by atoms with Crippen molar-refractivity contribution >= 4 is 41.5 Å². The fraction of sp³-hybridized carbons (Fsp3) is 0.579. The number of anilines is 1. The fourth-order valence-electron chi connectivity index (χ4n) is 2.81. The van der Waals surface area contributed by atoms with Gasteiger partial charge in [-0.1, -0.05) is 25.1 Å². The van der Waals surface area contributed by atoms with Gasteiger partial charge in [0.25, 0.3) is 0 Å². The molecule has 0 bridgehead atoms. The largest absolute Gasteiger partial charge is 0.357 e. The van der Waals surface area contributed by atoms with E-state index in [1.807, 2.05) is 23.1 Å². The van der Waals surface area contributed by atoms with E-state index >= 15 is 0 Å². The number of halogens is 1. The monoisotopic (exact) mass is 458 g/mol. The number of hydrogen-bond donors (Lipinski definition) is 2. The highest BCUT2D eigenvalue weighted by molar-refractivity contribution is 14.0. The Labute approximate surface area is 168 Å². The molecule has 0 radical (unpaired) electrons. The zero-order valence-electron chi connectivity index (χ0n) is 15.5. The van der Waals surface area contributed by atoms with E-state index in [1.54, 1.807) is 0 Å². The SMILES string of the molecule is CCNC(=NCCCC(=O)N1CCc2ccccc21)NC(C)CC.I. The fourth-order valence-corrected chi connectivity index (χ4v) is 2.81. The number of carbonyl (C=O) groups is 1. The van der Waals surface area contributed by atoms with E-state index in [0.29, 0.717) is 19.0 Å². The van der Waals surface area contributed by atoms with E-state index in [1.165, 1.54) is 5.56 Å². The molecule has 0 aromatic heterocycles. The van der Waals surface area contributed by atoms with Crippen LogP contribution in [-0.2, 0) is 11.2 Å². The molecule has 1 amide bonds. The second kappa shape index (κ2) is 11.3. The minimum atomic E-state index is 0. The Morgan fingerprint density at radius 1 is 1.32 bits per heavy atom. The second-order valence-electron chi connectivity index (χ2n) is 6.24. The average Bonchev–Trinajstić information content (AvgIpc) is 3.02. The van der Waals surface area contributed by atoms with Crippen molar-refractivity contribution in [1.82, 2.24) is 10.6 Å². The van der Waals surface area contributed by atoms with Gasteiger partial charge in [-0.25, -0.2) is 0 Å². The number of carbonyl (C=O) groups excluding carboxylic acids is 1. The minimum Gasteiger partial charge on any atom is -0.357 e. The van der Waals surface area contributed by atoms with E-state index in [2.05, 4.69) is 42.5 Å². The summed E-state index contributed by atoms with van der Waals surface area (Å²) in [6.07, 6.45) is 3.33. The van der Waals surface area contributed by atoms with Crippen LogP contribution in [0.5, 0.6) is 0 Å². The van der Waals surface area contributed by atoms with Gasteiger partial charge in [0.05, 0.1) is 0 Å². The molecule has 2 rings (SSSR count). The minimum absolute atomic E-state index is 0. The smallest absolute Gasteiger partial charge is 0.227 e. The van der Waals surface area contributed by atoms with Gasteiger partial charge in [0.2, 0.25) is 5.91 Å². The van der Waals surface area contributed by atoms with Crippen molar-refractivity contribution in [3.05, 3.63) is 29.8 Å². The molecule has 2 N–H and O–H groups in total. The van der Waals surface area contributed by atoms with E-state index in [-0.39, 0.29) is 29.9 Å². The number of para-hydroxylation sites is 1. The van der Waals surface area contributed by atoms with Crippen molar-refractivity contribution in [2.24, 2.45) is 4.99 Å². The van der Waals surface area contributed by atoms with Crippen LogP contribution in [0.25, 0.3) is 0 Å². The maximum atomic E-state index is 12.4. The Balaban J connectivity index is 0.00000312. The van der Waals surface area contributed by atoms with Crippen LogP contribution in [0.1, 0.15) is 45.6 Å². The molecule has 1 atom stereocenters. The molecule has 1 unspecified atom stereocenters. The Morgan fingerprint density at radius 3 is 2.80 bits per heavy atom. The maximum absolute atomic E-state index is 12.4. The Bertz CT molecular complexity index is 576. The molecular formula is C19H31IN4O. The molecule has 6 heteroatoms. The first kappa shape index (κ1) is 21.7. The third-order valence-electron chi connectivity index (χ3n) is 4.35. The van der Waals surface area contributed by atoms with Crippen molar-refractivity contribution in [1.29, 1.82) is 0 Å². The van der Waals surface area contributed by atoms with Crippen molar-refractivity contribution in [3.8, 4) is 0 Å². The molecule has 1 aliphatic rings. The van der Waals surface area contributed by atoms with Gasteiger partial charge in [0.1, 0.15) is 0 Å². The predicted octanol–water partition coefficient (Wildman–Crippen LogP) is 3.33. The molecule has 5 nitrogen and oxygen atoms in total. The first-order valence-electron chi connectivity index (χ1n) is 9.08. The van der Waals surface area contributed by atoms with Gasteiger partial charge >= 0.3 is 0 Å². The molecule has 1 aliphatic heterocycles. The Morgan fingerprint density at radius 2 is 2.08 bits per heavy atom. The summed E-state index contributed by atoms with van der Waals surface area (Å²) in [5.74, 6) is 1.04. The number of nitrogens with one attached hydrogen (secondary N) is 2. The van der Waals surface area contributed by atoms with Crippen LogP contribution in [0.3, 0.4) is 0 Å². The molecule has 0 saturated carbocycles. The Hall–Kier alpha value is -1.31. The number of guanidine groups is 1. The van der Waals surface area contributed by atoms with Crippen LogP contribution in [0.2, 0.25) is 0 Å². The van der Waals surface area contributed by atoms with Crippen molar-refractivity contribution in [3.63, 3.8) is 0 Å². The zero-order valence-corrected chi connectivity index (χ0v) is 17.9. The van der Waals surface area contributed by atoms with Gasteiger partial charge in [-0.15, -0.1) is 24.0 Å². The lowest BCUT2D eigenvalue weighted by Crippen LogP contribution is -2.42. The summed E-state index contributed by atoms with van der Waals surface area (Å²) in [4.78, 5) is 18.9. The summed E-state index contributed by atoms with van der Waals surface area (Å²) in [7, 11) is 0. The quantitative estimate of drug-likeness (QED) is 0.285. The van der Waals surface area contributed by atoms with Crippen molar-refractivity contribution in [2.75, 3.05) is 24.5 Å². The molecule has 0 spiro atoms. The zero-order chi connectivity index (χ0) is 17.4. The average molecular weight is 458 g/mol. The van der Waals surface area contributed by atoms with Crippen molar-refractivity contribution in [2.45, 2.75) is 52.5 Å². The predicted molar refractivity (Wildman–Crippen MR) is 116 cm³/mol. The molecule has 140 valence electrons. The third kappa shape index (κ3) is 6.49. The standard InChI is InChI=1S/C19H30N4O.HI/c1-4-15(3)22-19(20-5-2)21-13-8-11-18(24)23-14-12-16-9-6-7-10-17(16)23;/h6-7,9-10,15H,4-5,8,11-14H2,1-3H3,(H2,20,21,22);1H. The lowest BCUT2D eigenvalue weighted by Gasteiger charge is -2.17. The van der Waals surface area contributed by atoms with E-state index in [0.717, 1.165) is 44.0 Å². The van der Waals surface area contributed by atoms with Gasteiger partial charge in [-0.3, -0.25) is 9.79 Å². The number of amides is 1. The highest BCUT2D eigenvalue weighted by Gasteiger charge is 2.23. The van der Waals surface area contributed by atoms with Crippen LogP contribution in [0.15, 0.2) is 29.3 Å². The van der Waals surface area contributed by atoms with Crippen LogP contribution in [0, 0.1) is 0 Å². The summed E-state index contributed by atoms with van der Waals surface area (Å²) < 4.78 is 0. The first-order valence-corrected chi connectivity index (χ1v) is 9.08. The third-order valence-corrected chi connectivity index (χ3v) is 4.35. The molecular weight excluding hydrogens is 427 g/mol. The van der Waals surface area contributed by atoms with Gasteiger partial charge in [0, 0.05) is 37.8 Å². The number of nitrogens with zero attached hydrogens (tertiary/aromatic N) is 2. The summed E-state index contributed by atoms with van der Waals surface area (Å²) in [6.45, 7) is 8.65. The van der Waals surface area contributed by atoms with Gasteiger partial charge in [-0.2, -0.15) is 0 Å². The van der Waals surface area contributed by atoms with E-state index in [9.17, 15) is 4.79 Å². The van der Waals surface area contributed by atoms with Crippen molar-refractivity contribution < 1.29 is 4.79 Å². The molecule has 1 heterocycles. The summed E-state index contributed by atoms with van der Waals surface area (Å²) in [5.41, 5.74) is 2.36. The molecule has 0 aliphatic carbocycles. The lowest BCUT2D eigenvalue weighted by atomic mass is 10.2. The van der Waals surface area contributed by atoms with Crippen LogP contribution >= 0.6 is 24.0 Å². The number of fused-ring (bicyclic) bond motifs is 1. The summed E-state index contributed by atoms with van der Waals surface area (Å²) in [5, 5.41) is 6.61. The Kier molecular flexibility index (Phi) is 9.85. The normalized spacial score (nSPS) is 14.5.